The number of rotatable bonds is 10. The smallest absolute Gasteiger partial charge is 0.253 e. The molecule has 2 N–H and O–H groups in total. The van der Waals surface area contributed by atoms with Crippen molar-refractivity contribution in [2.75, 3.05) is 11.1 Å². The number of nitrogens with zero attached hydrogens (tertiary/aromatic N) is 5. The third-order valence-corrected chi connectivity index (χ3v) is 6.73. The van der Waals surface area contributed by atoms with E-state index in [2.05, 4.69) is 31.1 Å². The van der Waals surface area contributed by atoms with E-state index in [0.29, 0.717) is 39.5 Å². The summed E-state index contributed by atoms with van der Waals surface area (Å²) in [5, 5.41) is 23.6. The van der Waals surface area contributed by atoms with Gasteiger partial charge in [-0.2, -0.15) is 10.2 Å². The van der Waals surface area contributed by atoms with E-state index in [-0.39, 0.29) is 17.6 Å². The van der Waals surface area contributed by atoms with Crippen LogP contribution in [0.3, 0.4) is 0 Å². The quantitative estimate of drug-likeness (QED) is 0.172. The highest BCUT2D eigenvalue weighted by Gasteiger charge is 2.21. The molecule has 0 saturated carbocycles. The van der Waals surface area contributed by atoms with Gasteiger partial charge in [-0.1, -0.05) is 53.7 Å². The third kappa shape index (κ3) is 7.05. The van der Waals surface area contributed by atoms with Crippen molar-refractivity contribution in [1.29, 1.82) is 0 Å². The van der Waals surface area contributed by atoms with Gasteiger partial charge in [-0.3, -0.25) is 9.59 Å². The van der Waals surface area contributed by atoms with Gasteiger partial charge in [0.15, 0.2) is 11.0 Å². The zero-order valence-corrected chi connectivity index (χ0v) is 22.4. The number of azo groups is 1. The number of aromatic nitrogens is 3. The normalized spacial score (nSPS) is 11.9. The largest absolute Gasteiger partial charge is 0.342 e. The Kier molecular flexibility index (Phi) is 9.23. The van der Waals surface area contributed by atoms with Gasteiger partial charge >= 0.3 is 0 Å². The summed E-state index contributed by atoms with van der Waals surface area (Å²) in [6, 6.07) is 23.0. The van der Waals surface area contributed by atoms with Crippen LogP contribution in [0.1, 0.15) is 36.1 Å². The number of carbonyl (C=O) groups excluding carboxylic acids is 2. The fourth-order valence-electron chi connectivity index (χ4n) is 3.56. The molecule has 4 rings (SSSR count). The molecule has 1 atom stereocenters. The number of anilines is 1. The van der Waals surface area contributed by atoms with Crippen molar-refractivity contribution in [2.45, 2.75) is 31.6 Å². The molecule has 38 heavy (non-hydrogen) atoms. The molecule has 1 heterocycles. The third-order valence-electron chi connectivity index (χ3n) is 5.44. The first-order valence-corrected chi connectivity index (χ1v) is 13.3. The van der Waals surface area contributed by atoms with Crippen LogP contribution in [0, 0.1) is 0 Å². The van der Waals surface area contributed by atoms with Crippen LogP contribution in [0.4, 0.5) is 17.1 Å². The molecule has 9 nitrogen and oxygen atoms in total. The summed E-state index contributed by atoms with van der Waals surface area (Å²) in [4.78, 5) is 25.2. The number of nitrogens with one attached hydrogen (secondary N) is 2. The molecule has 3 aromatic carbocycles. The number of thioether (sulfide) groups is 1. The summed E-state index contributed by atoms with van der Waals surface area (Å²) < 4.78 is 1.88. The Morgan fingerprint density at radius 3 is 2.29 bits per heavy atom. The van der Waals surface area contributed by atoms with E-state index in [4.69, 9.17) is 11.6 Å². The topological polar surface area (TPSA) is 114 Å². The Hall–Kier alpha value is -4.02. The molecule has 0 fully saturated rings. The monoisotopic (exact) mass is 547 g/mol. The van der Waals surface area contributed by atoms with E-state index in [1.54, 1.807) is 48.5 Å². The number of carbonyl (C=O) groups is 2. The van der Waals surface area contributed by atoms with E-state index in [0.717, 1.165) is 5.69 Å². The summed E-state index contributed by atoms with van der Waals surface area (Å²) in [5.74, 6) is 0.264. The van der Waals surface area contributed by atoms with Gasteiger partial charge in [0.2, 0.25) is 5.91 Å². The fraction of sp³-hybridized carbons (Fsp3) is 0.185. The van der Waals surface area contributed by atoms with Crippen LogP contribution in [0.25, 0.3) is 0 Å². The predicted octanol–water partition coefficient (Wildman–Crippen LogP) is 6.59. The molecule has 0 saturated heterocycles. The van der Waals surface area contributed by atoms with Gasteiger partial charge in [-0.25, -0.2) is 0 Å². The molecule has 11 heteroatoms. The van der Waals surface area contributed by atoms with Crippen LogP contribution >= 0.6 is 23.4 Å². The lowest BCUT2D eigenvalue weighted by atomic mass is 10.2. The van der Waals surface area contributed by atoms with Crippen molar-refractivity contribution in [1.82, 2.24) is 20.1 Å². The van der Waals surface area contributed by atoms with Gasteiger partial charge in [-0.05, 0) is 62.4 Å². The minimum absolute atomic E-state index is 0.147. The highest BCUT2D eigenvalue weighted by molar-refractivity contribution is 7.99. The first-order chi connectivity index (χ1) is 18.4. The molecule has 4 aromatic rings. The average molecular weight is 548 g/mol. The molecule has 0 bridgehead atoms. The van der Waals surface area contributed by atoms with Crippen molar-refractivity contribution in [3.63, 3.8) is 0 Å². The van der Waals surface area contributed by atoms with Crippen molar-refractivity contribution in [3.05, 3.63) is 95.3 Å². The van der Waals surface area contributed by atoms with E-state index < -0.39 is 6.04 Å². The van der Waals surface area contributed by atoms with Crippen LogP contribution in [0.2, 0.25) is 5.02 Å². The van der Waals surface area contributed by atoms with Crippen molar-refractivity contribution >= 4 is 52.2 Å². The van der Waals surface area contributed by atoms with Crippen LogP contribution in [-0.4, -0.2) is 32.3 Å². The molecule has 0 radical (unpaired) electrons. The molecule has 2 amide bonds. The summed E-state index contributed by atoms with van der Waals surface area (Å²) >= 11 is 7.41. The van der Waals surface area contributed by atoms with Crippen molar-refractivity contribution in [2.24, 2.45) is 10.2 Å². The Labute approximate surface area is 229 Å². The SMILES string of the molecule is CCn1c(SCC(=O)Nc2ccc(N=Nc3ccccc3)cc2)nnc1[C@H](C)NC(=O)c1ccccc1Cl. The molecule has 194 valence electrons. The number of hydrogen-bond donors (Lipinski definition) is 2. The van der Waals surface area contributed by atoms with Crippen LogP contribution in [0.5, 0.6) is 0 Å². The molecule has 1 aromatic heterocycles. The summed E-state index contributed by atoms with van der Waals surface area (Å²) in [6.07, 6.45) is 0. The van der Waals surface area contributed by atoms with Gasteiger partial charge in [0.25, 0.3) is 5.91 Å². The maximum absolute atomic E-state index is 12.6. The summed E-state index contributed by atoms with van der Waals surface area (Å²) in [7, 11) is 0. The van der Waals surface area contributed by atoms with Gasteiger partial charge in [-0.15, -0.1) is 10.2 Å². The van der Waals surface area contributed by atoms with Crippen LogP contribution in [0.15, 0.2) is 94.2 Å². The Balaban J connectivity index is 1.32. The lowest BCUT2D eigenvalue weighted by Gasteiger charge is -2.15. The fourth-order valence-corrected chi connectivity index (χ4v) is 4.59. The lowest BCUT2D eigenvalue weighted by molar-refractivity contribution is -0.113. The van der Waals surface area contributed by atoms with Crippen LogP contribution < -0.4 is 10.6 Å². The summed E-state index contributed by atoms with van der Waals surface area (Å²) in [6.45, 7) is 4.36. The number of hydrogen-bond acceptors (Lipinski definition) is 7. The predicted molar refractivity (Wildman–Crippen MR) is 149 cm³/mol. The summed E-state index contributed by atoms with van der Waals surface area (Å²) in [5.41, 5.74) is 2.49. The molecule has 0 unspecified atom stereocenters. The molecule has 0 aliphatic rings. The zero-order chi connectivity index (χ0) is 26.9. The van der Waals surface area contributed by atoms with Crippen LogP contribution in [-0.2, 0) is 11.3 Å². The number of halogens is 1. The minimum Gasteiger partial charge on any atom is -0.342 e. The maximum atomic E-state index is 12.6. The number of amides is 2. The van der Waals surface area contributed by atoms with Gasteiger partial charge in [0.05, 0.1) is 33.8 Å². The molecule has 0 aliphatic carbocycles. The molecular formula is C27H26ClN7O2S. The Morgan fingerprint density at radius 2 is 1.61 bits per heavy atom. The lowest BCUT2D eigenvalue weighted by Crippen LogP contribution is -2.29. The van der Waals surface area contributed by atoms with Gasteiger partial charge < -0.3 is 15.2 Å². The second-order valence-corrected chi connectivity index (χ2v) is 9.53. The van der Waals surface area contributed by atoms with E-state index in [9.17, 15) is 9.59 Å². The number of benzene rings is 3. The highest BCUT2D eigenvalue weighted by Crippen LogP contribution is 2.23. The van der Waals surface area contributed by atoms with Gasteiger partial charge in [0, 0.05) is 12.2 Å². The van der Waals surface area contributed by atoms with E-state index in [1.807, 2.05) is 48.7 Å². The Bertz CT molecular complexity index is 1430. The second-order valence-electron chi connectivity index (χ2n) is 8.18. The van der Waals surface area contributed by atoms with Gasteiger partial charge in [0.1, 0.15) is 0 Å². The first kappa shape index (κ1) is 27.0. The first-order valence-electron chi connectivity index (χ1n) is 11.9. The standard InChI is InChI=1S/C27H26ClN7O2S/c1-3-35-25(18(2)29-26(37)22-11-7-8-12-23(22)28)33-34-27(35)38-17-24(36)30-19-13-15-21(16-14-19)32-31-20-9-5-4-6-10-20/h4-16,18H,3,17H2,1-2H3,(H,29,37)(H,30,36)/t18-/m0/s1. The Morgan fingerprint density at radius 1 is 0.947 bits per heavy atom. The molecular weight excluding hydrogens is 522 g/mol. The average Bonchev–Trinajstić information content (AvgIpc) is 3.35. The van der Waals surface area contributed by atoms with E-state index >= 15 is 0 Å². The van der Waals surface area contributed by atoms with Crippen molar-refractivity contribution in [3.8, 4) is 0 Å². The molecule has 0 aliphatic heterocycles. The van der Waals surface area contributed by atoms with E-state index in [1.165, 1.54) is 11.8 Å². The second kappa shape index (κ2) is 13.0. The maximum Gasteiger partial charge on any atom is 0.253 e. The van der Waals surface area contributed by atoms with Crippen molar-refractivity contribution < 1.29 is 9.59 Å². The highest BCUT2D eigenvalue weighted by atomic mass is 35.5. The minimum atomic E-state index is -0.410. The zero-order valence-electron chi connectivity index (χ0n) is 20.8. The molecule has 0 spiro atoms.